The fourth-order valence-electron chi connectivity index (χ4n) is 1.70. The van der Waals surface area contributed by atoms with Crippen molar-refractivity contribution >= 4 is 10.9 Å². The summed E-state index contributed by atoms with van der Waals surface area (Å²) in [4.78, 5) is 3.92. The first kappa shape index (κ1) is 9.77. The average Bonchev–Trinajstić information content (AvgIpc) is 2.18. The van der Waals surface area contributed by atoms with Gasteiger partial charge in [0, 0.05) is 5.39 Å². The Morgan fingerprint density at radius 3 is 2.60 bits per heavy atom. The number of rotatable bonds is 1. The summed E-state index contributed by atoms with van der Waals surface area (Å²) in [5.41, 5.74) is 1.83. The summed E-state index contributed by atoms with van der Waals surface area (Å²) in [5, 5.41) is 19.6. The van der Waals surface area contributed by atoms with Gasteiger partial charge in [0.15, 0.2) is 5.75 Å². The average molecular weight is 203 g/mol. The van der Waals surface area contributed by atoms with Gasteiger partial charge in [0.25, 0.3) is 5.88 Å². The maximum atomic E-state index is 9.41. The van der Waals surface area contributed by atoms with E-state index in [1.54, 1.807) is 6.07 Å². The highest BCUT2D eigenvalue weighted by Crippen LogP contribution is 2.31. The molecule has 0 saturated heterocycles. The third kappa shape index (κ3) is 1.61. The molecule has 0 atom stereocenters. The van der Waals surface area contributed by atoms with E-state index in [4.69, 9.17) is 0 Å². The first-order valence-electron chi connectivity index (χ1n) is 4.91. The number of hydrogen-bond acceptors (Lipinski definition) is 3. The van der Waals surface area contributed by atoms with E-state index >= 15 is 0 Å². The zero-order valence-electron chi connectivity index (χ0n) is 8.73. The molecule has 0 radical (unpaired) electrons. The first-order chi connectivity index (χ1) is 7.09. The number of benzene rings is 1. The molecule has 0 fully saturated rings. The Kier molecular flexibility index (Phi) is 2.23. The molecular weight excluding hydrogens is 190 g/mol. The van der Waals surface area contributed by atoms with Crippen molar-refractivity contribution in [3.63, 3.8) is 0 Å². The normalized spacial score (nSPS) is 11.1. The van der Waals surface area contributed by atoms with Crippen LogP contribution in [0, 0.1) is 0 Å². The number of hydrogen-bond donors (Lipinski definition) is 2. The van der Waals surface area contributed by atoms with Gasteiger partial charge >= 0.3 is 0 Å². The van der Waals surface area contributed by atoms with E-state index in [9.17, 15) is 10.2 Å². The Labute approximate surface area is 88.0 Å². The number of aromatic hydroxyl groups is 2. The van der Waals surface area contributed by atoms with Gasteiger partial charge in [-0.25, -0.2) is 4.98 Å². The molecule has 1 aromatic carbocycles. The summed E-state index contributed by atoms with van der Waals surface area (Å²) in [6, 6.07) is 7.29. The smallest absolute Gasteiger partial charge is 0.254 e. The molecule has 1 heterocycles. The topological polar surface area (TPSA) is 53.4 Å². The van der Waals surface area contributed by atoms with Gasteiger partial charge in [-0.05, 0) is 23.6 Å². The molecular formula is C12H13NO2. The Morgan fingerprint density at radius 1 is 1.20 bits per heavy atom. The quantitative estimate of drug-likeness (QED) is 0.749. The summed E-state index contributed by atoms with van der Waals surface area (Å²) in [6.07, 6.45) is 0. The Hall–Kier alpha value is -1.77. The minimum absolute atomic E-state index is 0.171. The van der Waals surface area contributed by atoms with Crippen LogP contribution in [0.15, 0.2) is 24.3 Å². The molecule has 0 bridgehead atoms. The maximum Gasteiger partial charge on any atom is 0.254 e. The zero-order chi connectivity index (χ0) is 11.0. The van der Waals surface area contributed by atoms with Gasteiger partial charge < -0.3 is 10.2 Å². The van der Waals surface area contributed by atoms with Crippen molar-refractivity contribution in [3.8, 4) is 11.6 Å². The summed E-state index contributed by atoms with van der Waals surface area (Å²) >= 11 is 0. The SMILES string of the molecule is CC(C)c1cccc2nc(O)c(O)cc12. The van der Waals surface area contributed by atoms with E-state index in [1.807, 2.05) is 18.2 Å². The lowest BCUT2D eigenvalue weighted by Crippen LogP contribution is -1.90. The van der Waals surface area contributed by atoms with Gasteiger partial charge in [-0.15, -0.1) is 0 Å². The van der Waals surface area contributed by atoms with Crippen LogP contribution < -0.4 is 0 Å². The molecule has 0 aliphatic rings. The van der Waals surface area contributed by atoms with Gasteiger partial charge in [0.1, 0.15) is 0 Å². The van der Waals surface area contributed by atoms with Crippen LogP contribution in [0.2, 0.25) is 0 Å². The number of pyridine rings is 1. The minimum Gasteiger partial charge on any atom is -0.503 e. The second-order valence-electron chi connectivity index (χ2n) is 3.90. The second kappa shape index (κ2) is 3.42. The van der Waals surface area contributed by atoms with Crippen molar-refractivity contribution < 1.29 is 10.2 Å². The Balaban J connectivity index is 2.80. The molecule has 3 heteroatoms. The van der Waals surface area contributed by atoms with Crippen LogP contribution >= 0.6 is 0 Å². The highest BCUT2D eigenvalue weighted by Gasteiger charge is 2.09. The van der Waals surface area contributed by atoms with Gasteiger partial charge in [-0.1, -0.05) is 26.0 Å². The predicted octanol–water partition coefficient (Wildman–Crippen LogP) is 2.77. The zero-order valence-corrected chi connectivity index (χ0v) is 8.73. The molecule has 2 aromatic rings. The molecule has 15 heavy (non-hydrogen) atoms. The third-order valence-corrected chi connectivity index (χ3v) is 2.48. The molecule has 1 aromatic heterocycles. The van der Waals surface area contributed by atoms with E-state index in [2.05, 4.69) is 18.8 Å². The summed E-state index contributed by atoms with van der Waals surface area (Å²) in [5.74, 6) is -0.126. The molecule has 2 N–H and O–H groups in total. The highest BCUT2D eigenvalue weighted by molar-refractivity contribution is 5.84. The van der Waals surface area contributed by atoms with Crippen molar-refractivity contribution in [1.29, 1.82) is 0 Å². The highest BCUT2D eigenvalue weighted by atomic mass is 16.3. The molecule has 0 amide bonds. The van der Waals surface area contributed by atoms with E-state index in [0.29, 0.717) is 11.4 Å². The molecule has 78 valence electrons. The van der Waals surface area contributed by atoms with Gasteiger partial charge in [0.2, 0.25) is 0 Å². The predicted molar refractivity (Wildman–Crippen MR) is 59.2 cm³/mol. The fourth-order valence-corrected chi connectivity index (χ4v) is 1.70. The number of nitrogens with zero attached hydrogens (tertiary/aromatic N) is 1. The van der Waals surface area contributed by atoms with Crippen LogP contribution in [0.1, 0.15) is 25.3 Å². The lowest BCUT2D eigenvalue weighted by Gasteiger charge is -2.09. The molecule has 0 aliphatic carbocycles. The van der Waals surface area contributed by atoms with Crippen molar-refractivity contribution in [3.05, 3.63) is 29.8 Å². The third-order valence-electron chi connectivity index (χ3n) is 2.48. The van der Waals surface area contributed by atoms with Crippen molar-refractivity contribution in [2.24, 2.45) is 0 Å². The van der Waals surface area contributed by atoms with Gasteiger partial charge in [-0.2, -0.15) is 0 Å². The standard InChI is InChI=1S/C12H13NO2/c1-7(2)8-4-3-5-10-9(8)6-11(14)12(15)13-10/h3-7,14H,1-2H3,(H,13,15). The minimum atomic E-state index is -0.316. The summed E-state index contributed by atoms with van der Waals surface area (Å²) in [7, 11) is 0. The fraction of sp³-hybridized carbons (Fsp3) is 0.250. The molecule has 3 nitrogen and oxygen atoms in total. The van der Waals surface area contributed by atoms with Crippen molar-refractivity contribution in [2.75, 3.05) is 0 Å². The summed E-state index contributed by atoms with van der Waals surface area (Å²) in [6.45, 7) is 4.16. The van der Waals surface area contributed by atoms with Gasteiger partial charge in [0.05, 0.1) is 5.52 Å². The van der Waals surface area contributed by atoms with Crippen LogP contribution in [0.5, 0.6) is 11.6 Å². The van der Waals surface area contributed by atoms with E-state index in [1.165, 1.54) is 0 Å². The largest absolute Gasteiger partial charge is 0.503 e. The Bertz CT molecular complexity index is 506. The van der Waals surface area contributed by atoms with Crippen molar-refractivity contribution in [2.45, 2.75) is 19.8 Å². The van der Waals surface area contributed by atoms with Crippen molar-refractivity contribution in [1.82, 2.24) is 4.98 Å². The van der Waals surface area contributed by atoms with Crippen LogP contribution in [-0.2, 0) is 0 Å². The van der Waals surface area contributed by atoms with E-state index in [0.717, 1.165) is 10.9 Å². The van der Waals surface area contributed by atoms with E-state index < -0.39 is 0 Å². The molecule has 2 rings (SSSR count). The maximum absolute atomic E-state index is 9.41. The number of aromatic nitrogens is 1. The molecule has 0 spiro atoms. The monoisotopic (exact) mass is 203 g/mol. The molecule has 0 unspecified atom stereocenters. The summed E-state index contributed by atoms with van der Waals surface area (Å²) < 4.78 is 0. The van der Waals surface area contributed by atoms with Crippen LogP contribution in [-0.4, -0.2) is 15.2 Å². The Morgan fingerprint density at radius 2 is 1.93 bits per heavy atom. The second-order valence-corrected chi connectivity index (χ2v) is 3.90. The van der Waals surface area contributed by atoms with E-state index in [-0.39, 0.29) is 11.6 Å². The van der Waals surface area contributed by atoms with Crippen LogP contribution in [0.25, 0.3) is 10.9 Å². The molecule has 0 aliphatic heterocycles. The number of fused-ring (bicyclic) bond motifs is 1. The lowest BCUT2D eigenvalue weighted by molar-refractivity contribution is 0.391. The molecule has 0 saturated carbocycles. The van der Waals surface area contributed by atoms with Crippen LogP contribution in [0.3, 0.4) is 0 Å². The van der Waals surface area contributed by atoms with Crippen LogP contribution in [0.4, 0.5) is 0 Å². The van der Waals surface area contributed by atoms with Gasteiger partial charge in [-0.3, -0.25) is 0 Å². The first-order valence-corrected chi connectivity index (χ1v) is 4.91. The lowest BCUT2D eigenvalue weighted by atomic mass is 9.98.